The Bertz CT molecular complexity index is 929. The highest BCUT2D eigenvalue weighted by atomic mass is 32.1. The summed E-state index contributed by atoms with van der Waals surface area (Å²) < 4.78 is 13.5. The van der Waals surface area contributed by atoms with Gasteiger partial charge in [0.25, 0.3) is 0 Å². The Morgan fingerprint density at radius 1 is 1.38 bits per heavy atom. The van der Waals surface area contributed by atoms with Gasteiger partial charge in [0.1, 0.15) is 15.8 Å². The molecule has 1 saturated heterocycles. The zero-order chi connectivity index (χ0) is 20.5. The van der Waals surface area contributed by atoms with Gasteiger partial charge < -0.3 is 15.1 Å². The quantitative estimate of drug-likeness (QED) is 0.746. The molecule has 1 aliphatic heterocycles. The fourth-order valence-electron chi connectivity index (χ4n) is 3.58. The number of halogens is 1. The van der Waals surface area contributed by atoms with Crippen LogP contribution in [0.3, 0.4) is 0 Å². The third-order valence-corrected chi connectivity index (χ3v) is 6.98. The molecular weight excluding hydrogens is 409 g/mol. The summed E-state index contributed by atoms with van der Waals surface area (Å²) in [5.74, 6) is -0.438. The van der Waals surface area contributed by atoms with Crippen LogP contribution < -0.4 is 10.2 Å². The van der Waals surface area contributed by atoms with E-state index >= 15 is 0 Å². The summed E-state index contributed by atoms with van der Waals surface area (Å²) >= 11 is 6.90. The van der Waals surface area contributed by atoms with Gasteiger partial charge in [0.2, 0.25) is 5.91 Å². The molecule has 2 aromatic heterocycles. The van der Waals surface area contributed by atoms with Crippen LogP contribution in [0.15, 0.2) is 18.5 Å². The molecule has 2 fully saturated rings. The number of hydrogen-bond acceptors (Lipinski definition) is 5. The first kappa shape index (κ1) is 20.2. The number of carbonyl (C=O) groups is 1. The highest BCUT2D eigenvalue weighted by Crippen LogP contribution is 2.35. The molecule has 29 heavy (non-hydrogen) atoms. The first-order valence-corrected chi connectivity index (χ1v) is 11.1. The maximum Gasteiger partial charge on any atom is 0.232 e. The Morgan fingerprint density at radius 3 is 2.90 bits per heavy atom. The van der Waals surface area contributed by atoms with Gasteiger partial charge in [-0.1, -0.05) is 11.3 Å². The van der Waals surface area contributed by atoms with Gasteiger partial charge in [-0.25, -0.2) is 9.37 Å². The molecule has 1 aliphatic carbocycles. The number of piperidine rings is 1. The van der Waals surface area contributed by atoms with Crippen LogP contribution in [0, 0.1) is 18.7 Å². The summed E-state index contributed by atoms with van der Waals surface area (Å²) in [5, 5.41) is 5.57. The van der Waals surface area contributed by atoms with Crippen LogP contribution in [0.5, 0.6) is 0 Å². The Labute approximate surface area is 179 Å². The van der Waals surface area contributed by atoms with Crippen molar-refractivity contribution < 1.29 is 9.18 Å². The number of amides is 1. The fraction of sp³-hybridized carbons (Fsp3) is 0.500. The van der Waals surface area contributed by atoms with Crippen LogP contribution in [0.2, 0.25) is 0 Å². The zero-order valence-corrected chi connectivity index (χ0v) is 18.2. The Balaban J connectivity index is 1.46. The number of aryl methyl sites for hydroxylation is 1. The number of thiazole rings is 1. The summed E-state index contributed by atoms with van der Waals surface area (Å²) in [7, 11) is 1.79. The molecule has 6 nitrogen and oxygen atoms in total. The molecule has 0 aromatic carbocycles. The van der Waals surface area contributed by atoms with Gasteiger partial charge in [-0.3, -0.25) is 9.78 Å². The van der Waals surface area contributed by atoms with E-state index in [0.29, 0.717) is 23.2 Å². The number of thiocarbonyl (C=S) groups is 1. The lowest BCUT2D eigenvalue weighted by Crippen LogP contribution is -2.49. The summed E-state index contributed by atoms with van der Waals surface area (Å²) in [6.45, 7) is 3.40. The largest absolute Gasteiger partial charge is 0.360 e. The second-order valence-corrected chi connectivity index (χ2v) is 9.07. The summed E-state index contributed by atoms with van der Waals surface area (Å²) in [4.78, 5) is 25.4. The minimum atomic E-state index is -0.403. The molecule has 1 N–H and O–H groups in total. The number of rotatable bonds is 4. The number of nitrogens with one attached hydrogen (secondary N) is 1. The molecule has 4 rings (SSSR count). The fourth-order valence-corrected chi connectivity index (χ4v) is 4.93. The summed E-state index contributed by atoms with van der Waals surface area (Å²) in [6.07, 6.45) is 6.89. The van der Waals surface area contributed by atoms with E-state index in [2.05, 4.69) is 20.2 Å². The van der Waals surface area contributed by atoms with E-state index in [1.165, 1.54) is 30.2 Å². The molecule has 9 heteroatoms. The van der Waals surface area contributed by atoms with Gasteiger partial charge in [0.05, 0.1) is 17.8 Å². The van der Waals surface area contributed by atoms with Crippen molar-refractivity contribution in [3.63, 3.8) is 0 Å². The first-order valence-electron chi connectivity index (χ1n) is 9.83. The third kappa shape index (κ3) is 4.56. The molecule has 2 aliphatic rings. The average molecular weight is 434 g/mol. The number of hydrogen-bond donors (Lipinski definition) is 1. The highest BCUT2D eigenvalue weighted by molar-refractivity contribution is 7.80. The molecule has 1 saturated carbocycles. The van der Waals surface area contributed by atoms with E-state index in [1.807, 2.05) is 6.92 Å². The van der Waals surface area contributed by atoms with Crippen molar-refractivity contribution in [2.45, 2.75) is 38.6 Å². The van der Waals surface area contributed by atoms with Crippen molar-refractivity contribution >= 4 is 39.6 Å². The average Bonchev–Trinajstić information content (AvgIpc) is 3.45. The van der Waals surface area contributed by atoms with Crippen LogP contribution in [0.4, 0.5) is 9.39 Å². The van der Waals surface area contributed by atoms with E-state index in [4.69, 9.17) is 12.2 Å². The Hall–Kier alpha value is -2.13. The predicted octanol–water partition coefficient (Wildman–Crippen LogP) is 3.36. The van der Waals surface area contributed by atoms with E-state index in [9.17, 15) is 9.18 Å². The van der Waals surface area contributed by atoms with Gasteiger partial charge in [-0.2, -0.15) is 0 Å². The first-order chi connectivity index (χ1) is 13.9. The van der Waals surface area contributed by atoms with Crippen LogP contribution in [-0.2, 0) is 4.79 Å². The lowest BCUT2D eigenvalue weighted by Gasteiger charge is -2.35. The lowest BCUT2D eigenvalue weighted by molar-refractivity contribution is -0.123. The molecule has 154 valence electrons. The minimum absolute atomic E-state index is 0.0691. The van der Waals surface area contributed by atoms with Crippen LogP contribution >= 0.6 is 23.6 Å². The maximum atomic E-state index is 13.5. The second-order valence-electron chi connectivity index (χ2n) is 7.71. The minimum Gasteiger partial charge on any atom is -0.360 e. The van der Waals surface area contributed by atoms with Gasteiger partial charge in [-0.15, -0.1) is 0 Å². The molecule has 2 aromatic rings. The van der Waals surface area contributed by atoms with Crippen LogP contribution in [0.1, 0.15) is 31.4 Å². The standard InChI is InChI=1S/C20H24FN5OS2/c1-12-19(29-17(23-12)14-8-15(21)10-22-9-14)25(2)18(27)13-4-3-7-26(11-13)20(28)24-16-5-6-16/h8-10,13,16H,3-7,11H2,1-2H3,(H,24,28). The van der Waals surface area contributed by atoms with Crippen molar-refractivity contribution in [3.05, 3.63) is 30.0 Å². The lowest BCUT2D eigenvalue weighted by atomic mass is 9.97. The number of aromatic nitrogens is 2. The van der Waals surface area contributed by atoms with E-state index in [-0.39, 0.29) is 11.8 Å². The number of nitrogens with zero attached hydrogens (tertiary/aromatic N) is 4. The molecule has 1 atom stereocenters. The maximum absolute atomic E-state index is 13.5. The molecule has 3 heterocycles. The topological polar surface area (TPSA) is 61.4 Å². The number of pyridine rings is 1. The summed E-state index contributed by atoms with van der Waals surface area (Å²) in [5.41, 5.74) is 1.37. The molecule has 0 radical (unpaired) electrons. The normalized spacial score (nSPS) is 19.1. The van der Waals surface area contributed by atoms with Gasteiger partial charge in [-0.05, 0) is 50.9 Å². The van der Waals surface area contributed by atoms with E-state index in [0.717, 1.165) is 41.4 Å². The molecular formula is C20H24FN5OS2. The molecule has 1 amide bonds. The number of likely N-dealkylation sites (tertiary alicyclic amines) is 1. The zero-order valence-electron chi connectivity index (χ0n) is 16.5. The van der Waals surface area contributed by atoms with E-state index in [1.54, 1.807) is 18.1 Å². The summed E-state index contributed by atoms with van der Waals surface area (Å²) in [6, 6.07) is 1.92. The van der Waals surface area contributed by atoms with E-state index < -0.39 is 5.82 Å². The molecule has 1 unspecified atom stereocenters. The Kier molecular flexibility index (Phi) is 5.78. The predicted molar refractivity (Wildman–Crippen MR) is 117 cm³/mol. The van der Waals surface area contributed by atoms with Gasteiger partial charge in [0, 0.05) is 37.9 Å². The Morgan fingerprint density at radius 2 is 2.17 bits per heavy atom. The smallest absolute Gasteiger partial charge is 0.232 e. The third-order valence-electron chi connectivity index (χ3n) is 5.32. The molecule has 0 spiro atoms. The van der Waals surface area contributed by atoms with Crippen LogP contribution in [0.25, 0.3) is 10.6 Å². The number of anilines is 1. The van der Waals surface area contributed by atoms with Crippen molar-refractivity contribution in [2.75, 3.05) is 25.0 Å². The number of carbonyl (C=O) groups excluding carboxylic acids is 1. The highest BCUT2D eigenvalue weighted by Gasteiger charge is 2.32. The van der Waals surface area contributed by atoms with Crippen LogP contribution in [-0.4, -0.2) is 52.1 Å². The van der Waals surface area contributed by atoms with Crippen molar-refractivity contribution in [2.24, 2.45) is 5.92 Å². The monoisotopic (exact) mass is 433 g/mol. The van der Waals surface area contributed by atoms with Gasteiger partial charge in [0.15, 0.2) is 5.11 Å². The van der Waals surface area contributed by atoms with Crippen molar-refractivity contribution in [3.8, 4) is 10.6 Å². The second kappa shape index (κ2) is 8.31. The van der Waals surface area contributed by atoms with Crippen molar-refractivity contribution in [1.82, 2.24) is 20.2 Å². The van der Waals surface area contributed by atoms with Gasteiger partial charge >= 0.3 is 0 Å². The SMILES string of the molecule is Cc1nc(-c2cncc(F)c2)sc1N(C)C(=O)C1CCCN(C(=S)NC2CC2)C1. The molecule has 0 bridgehead atoms. The van der Waals surface area contributed by atoms with Crippen molar-refractivity contribution in [1.29, 1.82) is 0 Å².